The van der Waals surface area contributed by atoms with Crippen molar-refractivity contribution in [2.24, 2.45) is 29.1 Å². The van der Waals surface area contributed by atoms with Gasteiger partial charge in [-0.2, -0.15) is 0 Å². The van der Waals surface area contributed by atoms with Gasteiger partial charge in [0.2, 0.25) is 0 Å². The van der Waals surface area contributed by atoms with Crippen molar-refractivity contribution in [3.05, 3.63) is 60.7 Å². The summed E-state index contributed by atoms with van der Waals surface area (Å²) in [5.74, 6) is 1.37. The third kappa shape index (κ3) is 2.92. The van der Waals surface area contributed by atoms with Gasteiger partial charge in [-0.3, -0.25) is 9.59 Å². The van der Waals surface area contributed by atoms with Crippen LogP contribution in [0.15, 0.2) is 60.7 Å². The van der Waals surface area contributed by atoms with Crippen LogP contribution in [0, 0.1) is 29.1 Å². The van der Waals surface area contributed by atoms with Crippen LogP contribution in [0.2, 0.25) is 0 Å². The predicted octanol–water partition coefficient (Wildman–Crippen LogP) is 4.64. The van der Waals surface area contributed by atoms with Crippen molar-refractivity contribution in [1.29, 1.82) is 0 Å². The summed E-state index contributed by atoms with van der Waals surface area (Å²) in [5, 5.41) is 0. The van der Waals surface area contributed by atoms with E-state index in [0.717, 1.165) is 25.7 Å². The zero-order valence-electron chi connectivity index (χ0n) is 15.8. The Bertz CT molecular complexity index is 862. The van der Waals surface area contributed by atoms with Crippen molar-refractivity contribution in [3.63, 3.8) is 0 Å². The summed E-state index contributed by atoms with van der Waals surface area (Å²) in [6, 6.07) is 18.3. The molecule has 0 saturated heterocycles. The molecular weight excluding hydrogens is 352 g/mol. The van der Waals surface area contributed by atoms with Gasteiger partial charge in [-0.25, -0.2) is 0 Å². The molecule has 0 N–H and O–H groups in total. The highest BCUT2D eigenvalue weighted by atomic mass is 16.5. The quantitative estimate of drug-likeness (QED) is 0.576. The number of hydrogen-bond acceptors (Lipinski definition) is 4. The molecule has 3 atom stereocenters. The van der Waals surface area contributed by atoms with Crippen LogP contribution in [0.4, 0.5) is 0 Å². The molecule has 4 fully saturated rings. The molecule has 4 heteroatoms. The molecule has 2 aromatic carbocycles. The molecule has 144 valence electrons. The van der Waals surface area contributed by atoms with Gasteiger partial charge < -0.3 is 9.47 Å². The Balaban J connectivity index is 1.45. The Morgan fingerprint density at radius 1 is 0.750 bits per heavy atom. The van der Waals surface area contributed by atoms with E-state index >= 15 is 0 Å². The van der Waals surface area contributed by atoms with Crippen LogP contribution in [0.5, 0.6) is 11.5 Å². The first-order chi connectivity index (χ1) is 13.6. The van der Waals surface area contributed by atoms with Gasteiger partial charge in [-0.05, 0) is 74.1 Å². The van der Waals surface area contributed by atoms with Gasteiger partial charge in [0.25, 0.3) is 0 Å². The number of ether oxygens (including phenoxy) is 2. The second kappa shape index (κ2) is 6.77. The summed E-state index contributed by atoms with van der Waals surface area (Å²) in [4.78, 5) is 26.6. The average Bonchev–Trinajstić information content (AvgIpc) is 2.68. The van der Waals surface area contributed by atoms with Crippen LogP contribution in [0.1, 0.15) is 32.1 Å². The summed E-state index contributed by atoms with van der Waals surface area (Å²) in [6.07, 6.45) is 4.69. The van der Waals surface area contributed by atoms with E-state index < -0.39 is 11.3 Å². The van der Waals surface area contributed by atoms with Crippen molar-refractivity contribution in [3.8, 4) is 11.5 Å². The summed E-state index contributed by atoms with van der Waals surface area (Å²) in [5.41, 5.74) is -0.754. The maximum Gasteiger partial charge on any atom is 0.318 e. The standard InChI is InChI=1S/C24H24O4/c25-22(27-19-7-3-1-4-8-19)21-18-12-16-11-17(13-18)15-24(21,14-16)23(26)28-20-9-5-2-6-10-20/h1-10,16-18,21H,11-15H2. The molecule has 0 radical (unpaired) electrons. The topological polar surface area (TPSA) is 52.6 Å². The van der Waals surface area contributed by atoms with Crippen molar-refractivity contribution >= 4 is 11.9 Å². The van der Waals surface area contributed by atoms with Crippen LogP contribution < -0.4 is 9.47 Å². The third-order valence-electron chi connectivity index (χ3n) is 6.89. The van der Waals surface area contributed by atoms with Gasteiger partial charge in [-0.15, -0.1) is 0 Å². The Labute approximate surface area is 164 Å². The lowest BCUT2D eigenvalue weighted by molar-refractivity contribution is -0.185. The summed E-state index contributed by atoms with van der Waals surface area (Å²) < 4.78 is 11.5. The Morgan fingerprint density at radius 2 is 1.29 bits per heavy atom. The number of esters is 2. The number of hydrogen-bond donors (Lipinski definition) is 0. The first-order valence-corrected chi connectivity index (χ1v) is 10.2. The van der Waals surface area contributed by atoms with E-state index in [1.165, 1.54) is 6.42 Å². The minimum Gasteiger partial charge on any atom is -0.426 e. The van der Waals surface area contributed by atoms with E-state index in [1.54, 1.807) is 24.3 Å². The van der Waals surface area contributed by atoms with Gasteiger partial charge in [0.15, 0.2) is 0 Å². The zero-order chi connectivity index (χ0) is 19.1. The Kier molecular flexibility index (Phi) is 4.22. The molecule has 4 nitrogen and oxygen atoms in total. The molecule has 4 aliphatic carbocycles. The van der Waals surface area contributed by atoms with Gasteiger partial charge in [-0.1, -0.05) is 36.4 Å². The lowest BCUT2D eigenvalue weighted by Crippen LogP contribution is -2.60. The molecule has 2 aromatic rings. The molecule has 0 aliphatic heterocycles. The minimum absolute atomic E-state index is 0.214. The van der Waals surface area contributed by atoms with E-state index in [0.29, 0.717) is 23.3 Å². The zero-order valence-corrected chi connectivity index (χ0v) is 15.8. The third-order valence-corrected chi connectivity index (χ3v) is 6.89. The molecular formula is C24H24O4. The monoisotopic (exact) mass is 376 g/mol. The van der Waals surface area contributed by atoms with E-state index in [-0.39, 0.29) is 17.9 Å². The first kappa shape index (κ1) is 17.5. The molecule has 28 heavy (non-hydrogen) atoms. The van der Waals surface area contributed by atoms with Crippen molar-refractivity contribution in [2.45, 2.75) is 32.1 Å². The van der Waals surface area contributed by atoms with Crippen LogP contribution >= 0.6 is 0 Å². The second-order valence-corrected chi connectivity index (χ2v) is 8.68. The molecule has 0 aromatic heterocycles. The fraction of sp³-hybridized carbons (Fsp3) is 0.417. The van der Waals surface area contributed by atoms with Crippen LogP contribution in [0.25, 0.3) is 0 Å². The van der Waals surface area contributed by atoms with E-state index in [1.807, 2.05) is 36.4 Å². The first-order valence-electron chi connectivity index (χ1n) is 10.2. The van der Waals surface area contributed by atoms with Crippen molar-refractivity contribution < 1.29 is 19.1 Å². The number of benzene rings is 2. The molecule has 0 spiro atoms. The van der Waals surface area contributed by atoms with E-state index in [4.69, 9.17) is 9.47 Å². The number of carbonyl (C=O) groups excluding carboxylic acids is 2. The minimum atomic E-state index is -0.754. The predicted molar refractivity (Wildman–Crippen MR) is 104 cm³/mol. The molecule has 6 rings (SSSR count). The van der Waals surface area contributed by atoms with Crippen molar-refractivity contribution in [1.82, 2.24) is 0 Å². The fourth-order valence-corrected chi connectivity index (χ4v) is 6.12. The highest BCUT2D eigenvalue weighted by molar-refractivity contribution is 5.88. The summed E-state index contributed by atoms with van der Waals surface area (Å²) >= 11 is 0. The van der Waals surface area contributed by atoms with E-state index in [9.17, 15) is 9.59 Å². The Morgan fingerprint density at radius 3 is 1.86 bits per heavy atom. The van der Waals surface area contributed by atoms with Crippen LogP contribution in [-0.4, -0.2) is 11.9 Å². The molecule has 4 aliphatic rings. The SMILES string of the molecule is O=C(Oc1ccccc1)C1C2CC3CC(C2)CC1(C(=O)Oc1ccccc1)C3. The maximum atomic E-state index is 13.4. The Hall–Kier alpha value is -2.62. The molecule has 0 heterocycles. The van der Waals surface area contributed by atoms with E-state index in [2.05, 4.69) is 0 Å². The number of rotatable bonds is 4. The van der Waals surface area contributed by atoms with Gasteiger partial charge in [0, 0.05) is 0 Å². The van der Waals surface area contributed by atoms with Crippen LogP contribution in [0.3, 0.4) is 0 Å². The van der Waals surface area contributed by atoms with Crippen molar-refractivity contribution in [2.75, 3.05) is 0 Å². The molecule has 4 bridgehead atoms. The molecule has 4 saturated carbocycles. The summed E-state index contributed by atoms with van der Waals surface area (Å²) in [7, 11) is 0. The van der Waals surface area contributed by atoms with Crippen LogP contribution in [-0.2, 0) is 9.59 Å². The normalized spacial score (nSPS) is 32.7. The highest BCUT2D eigenvalue weighted by Crippen LogP contribution is 2.63. The average molecular weight is 376 g/mol. The highest BCUT2D eigenvalue weighted by Gasteiger charge is 2.64. The second-order valence-electron chi connectivity index (χ2n) is 8.68. The number of para-hydroxylation sites is 2. The van der Waals surface area contributed by atoms with Gasteiger partial charge in [0.1, 0.15) is 11.5 Å². The van der Waals surface area contributed by atoms with Gasteiger partial charge in [0.05, 0.1) is 11.3 Å². The number of carbonyl (C=O) groups is 2. The maximum absolute atomic E-state index is 13.4. The molecule has 0 amide bonds. The largest absolute Gasteiger partial charge is 0.426 e. The fourth-order valence-electron chi connectivity index (χ4n) is 6.12. The molecule has 3 unspecified atom stereocenters. The lowest BCUT2D eigenvalue weighted by Gasteiger charge is -2.58. The lowest BCUT2D eigenvalue weighted by atomic mass is 9.45. The smallest absolute Gasteiger partial charge is 0.318 e. The summed E-state index contributed by atoms with van der Waals surface area (Å²) in [6.45, 7) is 0. The van der Waals surface area contributed by atoms with Gasteiger partial charge >= 0.3 is 11.9 Å².